The fourth-order valence-corrected chi connectivity index (χ4v) is 2.31. The lowest BCUT2D eigenvalue weighted by Crippen LogP contribution is -2.23. The predicted molar refractivity (Wildman–Crippen MR) is 92.4 cm³/mol. The average molecular weight is 328 g/mol. The first kappa shape index (κ1) is 17.5. The number of ether oxygens (including phenoxy) is 1. The van der Waals surface area contributed by atoms with Crippen LogP contribution in [0.3, 0.4) is 0 Å². The molecule has 2 rings (SSSR count). The molecule has 0 aliphatic rings. The van der Waals surface area contributed by atoms with Crippen molar-refractivity contribution in [1.29, 1.82) is 0 Å². The number of nitro benzene ring substituents is 1. The maximum atomic E-state index is 12.1. The second-order valence-corrected chi connectivity index (χ2v) is 6.36. The highest BCUT2D eigenvalue weighted by Crippen LogP contribution is 2.29. The Hall–Kier alpha value is -2.89. The zero-order valence-electron chi connectivity index (χ0n) is 13.9. The van der Waals surface area contributed by atoms with Crippen LogP contribution in [0.1, 0.15) is 26.3 Å². The van der Waals surface area contributed by atoms with E-state index in [4.69, 9.17) is 4.74 Å². The molecule has 126 valence electrons. The third-order valence-electron chi connectivity index (χ3n) is 3.43. The van der Waals surface area contributed by atoms with Crippen molar-refractivity contribution in [2.45, 2.75) is 26.2 Å². The minimum atomic E-state index is -0.540. The molecule has 6 nitrogen and oxygen atoms in total. The van der Waals surface area contributed by atoms with E-state index in [1.807, 2.05) is 24.3 Å². The number of hydrogen-bond donors (Lipinski definition) is 1. The fourth-order valence-electron chi connectivity index (χ4n) is 2.31. The molecule has 0 aliphatic heterocycles. The Kier molecular flexibility index (Phi) is 5.18. The second-order valence-electron chi connectivity index (χ2n) is 6.36. The maximum absolute atomic E-state index is 12.1. The molecule has 1 amide bonds. The molecule has 6 heteroatoms. The molecule has 2 aromatic rings. The summed E-state index contributed by atoms with van der Waals surface area (Å²) >= 11 is 0. The van der Waals surface area contributed by atoms with Gasteiger partial charge in [0.05, 0.1) is 4.92 Å². The van der Waals surface area contributed by atoms with Gasteiger partial charge in [0, 0.05) is 11.8 Å². The van der Waals surface area contributed by atoms with Gasteiger partial charge in [-0.25, -0.2) is 0 Å². The maximum Gasteiger partial charge on any atom is 0.310 e. The normalized spacial score (nSPS) is 11.0. The SMILES string of the molecule is CC(C)(C)c1ccccc1NC(=O)COc1ccccc1[N+](=O)[O-]. The number of nitrogens with one attached hydrogen (secondary N) is 1. The number of amides is 1. The number of para-hydroxylation sites is 3. The molecule has 0 saturated heterocycles. The molecule has 0 aromatic heterocycles. The van der Waals surface area contributed by atoms with Gasteiger partial charge in [-0.1, -0.05) is 51.1 Å². The summed E-state index contributed by atoms with van der Waals surface area (Å²) in [4.78, 5) is 22.5. The Balaban J connectivity index is 2.07. The summed E-state index contributed by atoms with van der Waals surface area (Å²) in [5.74, 6) is -0.299. The molecule has 0 fully saturated rings. The lowest BCUT2D eigenvalue weighted by molar-refractivity contribution is -0.385. The molecule has 0 heterocycles. The third-order valence-corrected chi connectivity index (χ3v) is 3.43. The van der Waals surface area contributed by atoms with Gasteiger partial charge < -0.3 is 10.1 Å². The number of nitro groups is 1. The summed E-state index contributed by atoms with van der Waals surface area (Å²) in [6.45, 7) is 5.87. The van der Waals surface area contributed by atoms with Crippen LogP contribution in [-0.4, -0.2) is 17.4 Å². The molecule has 1 N–H and O–H groups in total. The Morgan fingerprint density at radius 2 is 1.75 bits per heavy atom. The van der Waals surface area contributed by atoms with Gasteiger partial charge in [0.25, 0.3) is 5.91 Å². The number of benzene rings is 2. The van der Waals surface area contributed by atoms with Crippen molar-refractivity contribution in [2.24, 2.45) is 0 Å². The van der Waals surface area contributed by atoms with Crippen molar-refractivity contribution >= 4 is 17.3 Å². The molecule has 24 heavy (non-hydrogen) atoms. The largest absolute Gasteiger partial charge is 0.477 e. The molecule has 0 radical (unpaired) electrons. The van der Waals surface area contributed by atoms with Gasteiger partial charge >= 0.3 is 5.69 Å². The van der Waals surface area contributed by atoms with E-state index >= 15 is 0 Å². The Bertz CT molecular complexity index is 751. The number of carbonyl (C=O) groups is 1. The minimum absolute atomic E-state index is 0.0711. The quantitative estimate of drug-likeness (QED) is 0.666. The van der Waals surface area contributed by atoms with Crippen LogP contribution in [0.15, 0.2) is 48.5 Å². The number of rotatable bonds is 5. The molecule has 0 aliphatic carbocycles. The van der Waals surface area contributed by atoms with Crippen LogP contribution in [0, 0.1) is 10.1 Å². The topological polar surface area (TPSA) is 81.5 Å². The fraction of sp³-hybridized carbons (Fsp3) is 0.278. The van der Waals surface area contributed by atoms with E-state index in [1.54, 1.807) is 12.1 Å². The first-order valence-electron chi connectivity index (χ1n) is 7.54. The zero-order chi connectivity index (χ0) is 17.7. The first-order valence-corrected chi connectivity index (χ1v) is 7.54. The van der Waals surface area contributed by atoms with Crippen molar-refractivity contribution in [3.63, 3.8) is 0 Å². The molecule has 0 spiro atoms. The Morgan fingerprint density at radius 1 is 1.12 bits per heavy atom. The van der Waals surface area contributed by atoms with Crippen molar-refractivity contribution in [2.75, 3.05) is 11.9 Å². The minimum Gasteiger partial charge on any atom is -0.477 e. The van der Waals surface area contributed by atoms with Crippen LogP contribution in [0.25, 0.3) is 0 Å². The Morgan fingerprint density at radius 3 is 2.42 bits per heavy atom. The molecular formula is C18H20N2O4. The standard InChI is InChI=1S/C18H20N2O4/c1-18(2,3)13-8-4-5-9-14(13)19-17(21)12-24-16-11-7-6-10-15(16)20(22)23/h4-11H,12H2,1-3H3,(H,19,21). The summed E-state index contributed by atoms with van der Waals surface area (Å²) in [6, 6.07) is 13.5. The zero-order valence-corrected chi connectivity index (χ0v) is 13.9. The number of carbonyl (C=O) groups excluding carboxylic acids is 1. The number of nitrogens with zero attached hydrogens (tertiary/aromatic N) is 1. The van der Waals surface area contributed by atoms with E-state index in [0.717, 1.165) is 5.56 Å². The summed E-state index contributed by atoms with van der Waals surface area (Å²) in [7, 11) is 0. The van der Waals surface area contributed by atoms with Gasteiger partial charge in [-0.3, -0.25) is 14.9 Å². The predicted octanol–water partition coefficient (Wildman–Crippen LogP) is 3.91. The lowest BCUT2D eigenvalue weighted by atomic mass is 9.86. The summed E-state index contributed by atoms with van der Waals surface area (Å²) in [5.41, 5.74) is 1.42. The van der Waals surface area contributed by atoms with Gasteiger partial charge in [0.15, 0.2) is 12.4 Å². The van der Waals surface area contributed by atoms with Crippen LogP contribution in [0.4, 0.5) is 11.4 Å². The van der Waals surface area contributed by atoms with Crippen LogP contribution >= 0.6 is 0 Å². The molecule has 0 bridgehead atoms. The van der Waals surface area contributed by atoms with Crippen molar-refractivity contribution in [3.05, 3.63) is 64.2 Å². The van der Waals surface area contributed by atoms with E-state index in [2.05, 4.69) is 26.1 Å². The van der Waals surface area contributed by atoms with E-state index in [0.29, 0.717) is 5.69 Å². The van der Waals surface area contributed by atoms with Gasteiger partial charge in [-0.2, -0.15) is 0 Å². The van der Waals surface area contributed by atoms with Gasteiger partial charge in [-0.15, -0.1) is 0 Å². The summed E-state index contributed by atoms with van der Waals surface area (Å²) in [6.07, 6.45) is 0. The molecule has 0 saturated carbocycles. The molecule has 0 atom stereocenters. The van der Waals surface area contributed by atoms with Gasteiger partial charge in [0.2, 0.25) is 0 Å². The monoisotopic (exact) mass is 328 g/mol. The highest BCUT2D eigenvalue weighted by molar-refractivity contribution is 5.92. The highest BCUT2D eigenvalue weighted by atomic mass is 16.6. The van der Waals surface area contributed by atoms with Gasteiger partial charge in [-0.05, 0) is 23.1 Å². The molecular weight excluding hydrogens is 308 g/mol. The van der Waals surface area contributed by atoms with E-state index in [9.17, 15) is 14.9 Å². The van der Waals surface area contributed by atoms with E-state index in [-0.39, 0.29) is 29.4 Å². The average Bonchev–Trinajstić information content (AvgIpc) is 2.52. The van der Waals surface area contributed by atoms with Crippen LogP contribution in [-0.2, 0) is 10.2 Å². The van der Waals surface area contributed by atoms with Gasteiger partial charge in [0.1, 0.15) is 0 Å². The first-order chi connectivity index (χ1) is 11.3. The van der Waals surface area contributed by atoms with Crippen molar-refractivity contribution in [3.8, 4) is 5.75 Å². The lowest BCUT2D eigenvalue weighted by Gasteiger charge is -2.23. The van der Waals surface area contributed by atoms with E-state index < -0.39 is 4.92 Å². The van der Waals surface area contributed by atoms with Crippen LogP contribution in [0.5, 0.6) is 5.75 Å². The van der Waals surface area contributed by atoms with Crippen LogP contribution in [0.2, 0.25) is 0 Å². The summed E-state index contributed by atoms with van der Waals surface area (Å²) < 4.78 is 5.30. The van der Waals surface area contributed by atoms with E-state index in [1.165, 1.54) is 12.1 Å². The van der Waals surface area contributed by atoms with Crippen molar-refractivity contribution in [1.82, 2.24) is 0 Å². The second kappa shape index (κ2) is 7.12. The Labute approximate surface area is 140 Å². The molecule has 2 aromatic carbocycles. The third kappa shape index (κ3) is 4.32. The number of hydrogen-bond acceptors (Lipinski definition) is 4. The summed E-state index contributed by atoms with van der Waals surface area (Å²) in [5, 5.41) is 13.7. The van der Waals surface area contributed by atoms with Crippen molar-refractivity contribution < 1.29 is 14.5 Å². The smallest absolute Gasteiger partial charge is 0.310 e. The van der Waals surface area contributed by atoms with Crippen LogP contribution < -0.4 is 10.1 Å². The molecule has 0 unspecified atom stereocenters. The highest BCUT2D eigenvalue weighted by Gasteiger charge is 2.19. The number of anilines is 1.